The van der Waals surface area contributed by atoms with Crippen LogP contribution in [0.15, 0.2) is 72.8 Å². The quantitative estimate of drug-likeness (QED) is 0.272. The third-order valence-electron chi connectivity index (χ3n) is 5.38. The lowest BCUT2D eigenvalue weighted by Crippen LogP contribution is -2.48. The Balaban J connectivity index is 1.97. The summed E-state index contributed by atoms with van der Waals surface area (Å²) >= 11 is 0. The van der Waals surface area contributed by atoms with Crippen molar-refractivity contribution in [3.05, 3.63) is 101 Å². The minimum absolute atomic E-state index is 0.0625. The second-order valence-electron chi connectivity index (χ2n) is 8.33. The molecule has 3 aromatic rings. The number of carbonyl (C=O) groups is 4. The molecule has 3 aromatic carbocycles. The fraction of sp³-hybridized carbons (Fsp3) is 0.148. The number of rotatable bonds is 8. The van der Waals surface area contributed by atoms with Crippen LogP contribution < -0.4 is 5.32 Å². The fourth-order valence-electron chi connectivity index (χ4n) is 3.35. The molecule has 1 amide bonds. The molecule has 0 saturated heterocycles. The van der Waals surface area contributed by atoms with Gasteiger partial charge in [-0.2, -0.15) is 31.6 Å². The van der Waals surface area contributed by atoms with Crippen LogP contribution in [0.3, 0.4) is 0 Å². The molecule has 42 heavy (non-hydrogen) atoms. The number of halogens is 6. The van der Waals surface area contributed by atoms with E-state index in [0.29, 0.717) is 24.3 Å². The summed E-state index contributed by atoms with van der Waals surface area (Å²) in [5.74, 6) is -6.81. The van der Waals surface area contributed by atoms with Gasteiger partial charge in [0.05, 0.1) is 33.9 Å². The Morgan fingerprint density at radius 3 is 1.60 bits per heavy atom. The highest BCUT2D eigenvalue weighted by Gasteiger charge is 2.42. The average Bonchev–Trinajstić information content (AvgIpc) is 2.94. The van der Waals surface area contributed by atoms with Gasteiger partial charge in [0.25, 0.3) is 5.91 Å². The number of hydrogen-bond donors (Lipinski definition) is 2. The van der Waals surface area contributed by atoms with E-state index in [0.717, 1.165) is 24.3 Å². The Hall–Kier alpha value is -5.39. The number of nitrogens with zero attached hydrogens (tertiary/aromatic N) is 1. The number of hydrogen-bond acceptors (Lipinski definition) is 7. The van der Waals surface area contributed by atoms with Gasteiger partial charge in [-0.15, -0.1) is 0 Å². The van der Waals surface area contributed by atoms with Crippen molar-refractivity contribution in [1.29, 1.82) is 5.26 Å². The number of nitriles is 1. The van der Waals surface area contributed by atoms with Gasteiger partial charge in [-0.1, -0.05) is 12.1 Å². The number of carboxylic acid groups (broad SMARTS) is 1. The van der Waals surface area contributed by atoms with Crippen LogP contribution in [0.2, 0.25) is 0 Å². The molecule has 0 fully saturated rings. The number of benzene rings is 3. The van der Waals surface area contributed by atoms with E-state index in [1.165, 1.54) is 24.3 Å². The molecule has 0 bridgehead atoms. The minimum atomic E-state index is -4.88. The maximum atomic E-state index is 13.1. The first-order chi connectivity index (χ1) is 19.6. The molecule has 0 aromatic heterocycles. The number of aliphatic carboxylic acids is 1. The molecular weight excluding hydrogens is 578 g/mol. The summed E-state index contributed by atoms with van der Waals surface area (Å²) in [5, 5.41) is 20.8. The minimum Gasteiger partial charge on any atom is -0.478 e. The van der Waals surface area contributed by atoms with Gasteiger partial charge in [0.2, 0.25) is 12.2 Å². The van der Waals surface area contributed by atoms with E-state index in [4.69, 9.17) is 14.7 Å². The van der Waals surface area contributed by atoms with Crippen LogP contribution in [-0.4, -0.2) is 41.1 Å². The summed E-state index contributed by atoms with van der Waals surface area (Å²) in [6.07, 6.45) is -15.0. The lowest BCUT2D eigenvalue weighted by molar-refractivity contribution is -0.157. The SMILES string of the molecule is N#Cc1ccc(NC(=O)[C@@H](OC(=O)c2cccc(C(F)(F)F)c2)[C@H](OC(=O)c2cccc(C(F)(F)F)c2)C(=O)O)cc1. The van der Waals surface area contributed by atoms with E-state index in [1.807, 2.05) is 0 Å². The molecule has 3 rings (SSSR count). The Morgan fingerprint density at radius 1 is 0.738 bits per heavy atom. The van der Waals surface area contributed by atoms with E-state index in [1.54, 1.807) is 6.07 Å². The molecule has 218 valence electrons. The average molecular weight is 594 g/mol. The highest BCUT2D eigenvalue weighted by atomic mass is 19.4. The first-order valence-electron chi connectivity index (χ1n) is 11.4. The zero-order valence-corrected chi connectivity index (χ0v) is 20.7. The van der Waals surface area contributed by atoms with Crippen molar-refractivity contribution < 1.29 is 60.1 Å². The number of nitrogens with one attached hydrogen (secondary N) is 1. The zero-order valence-electron chi connectivity index (χ0n) is 20.7. The summed E-state index contributed by atoms with van der Waals surface area (Å²) in [4.78, 5) is 50.5. The molecule has 0 spiro atoms. The zero-order chi connectivity index (χ0) is 31.2. The van der Waals surface area contributed by atoms with Crippen LogP contribution >= 0.6 is 0 Å². The summed E-state index contributed by atoms with van der Waals surface area (Å²) < 4.78 is 88.3. The molecule has 0 aliphatic heterocycles. The molecule has 0 heterocycles. The van der Waals surface area contributed by atoms with Crippen molar-refractivity contribution in [3.8, 4) is 6.07 Å². The van der Waals surface area contributed by atoms with Crippen LogP contribution in [0.25, 0.3) is 0 Å². The fourth-order valence-corrected chi connectivity index (χ4v) is 3.35. The third-order valence-corrected chi connectivity index (χ3v) is 5.38. The van der Waals surface area contributed by atoms with E-state index >= 15 is 0 Å². The van der Waals surface area contributed by atoms with Gasteiger partial charge in [0.15, 0.2) is 0 Å². The molecule has 0 unspecified atom stereocenters. The molecule has 2 atom stereocenters. The van der Waals surface area contributed by atoms with E-state index in [9.17, 15) is 50.6 Å². The summed E-state index contributed by atoms with van der Waals surface area (Å²) in [7, 11) is 0. The van der Waals surface area contributed by atoms with Crippen molar-refractivity contribution >= 4 is 29.5 Å². The predicted molar refractivity (Wildman–Crippen MR) is 129 cm³/mol. The van der Waals surface area contributed by atoms with Gasteiger partial charge in [0.1, 0.15) is 0 Å². The molecule has 9 nitrogen and oxygen atoms in total. The summed E-state index contributed by atoms with van der Waals surface area (Å²) in [5.41, 5.74) is -3.98. The molecule has 15 heteroatoms. The number of esters is 2. The van der Waals surface area contributed by atoms with Gasteiger partial charge in [-0.3, -0.25) is 4.79 Å². The normalized spacial score (nSPS) is 12.8. The number of anilines is 1. The van der Waals surface area contributed by atoms with Gasteiger partial charge in [0, 0.05) is 5.69 Å². The van der Waals surface area contributed by atoms with E-state index < -0.39 is 70.6 Å². The highest BCUT2D eigenvalue weighted by Crippen LogP contribution is 2.31. The summed E-state index contributed by atoms with van der Waals surface area (Å²) in [6, 6.07) is 12.1. The molecule has 0 aliphatic carbocycles. The van der Waals surface area contributed by atoms with Crippen LogP contribution in [0.1, 0.15) is 37.4 Å². The summed E-state index contributed by atoms with van der Waals surface area (Å²) in [6.45, 7) is 0. The number of alkyl halides is 6. The Kier molecular flexibility index (Phi) is 9.21. The van der Waals surface area contributed by atoms with Crippen molar-refractivity contribution in [3.63, 3.8) is 0 Å². The van der Waals surface area contributed by atoms with Crippen molar-refractivity contribution in [2.75, 3.05) is 5.32 Å². The maximum absolute atomic E-state index is 13.1. The smallest absolute Gasteiger partial charge is 0.416 e. The van der Waals surface area contributed by atoms with Gasteiger partial charge in [-0.05, 0) is 60.7 Å². The van der Waals surface area contributed by atoms with E-state index in [2.05, 4.69) is 5.32 Å². The van der Waals surface area contributed by atoms with Gasteiger partial charge < -0.3 is 19.9 Å². The first-order valence-corrected chi connectivity index (χ1v) is 11.4. The van der Waals surface area contributed by atoms with Crippen LogP contribution in [-0.2, 0) is 31.4 Å². The Bertz CT molecular complexity index is 1550. The molecule has 0 aliphatic rings. The Labute approximate surface area is 231 Å². The second kappa shape index (κ2) is 12.4. The van der Waals surface area contributed by atoms with E-state index in [-0.39, 0.29) is 11.3 Å². The maximum Gasteiger partial charge on any atom is 0.416 e. The number of carbonyl (C=O) groups excluding carboxylic acids is 3. The number of ether oxygens (including phenoxy) is 2. The highest BCUT2D eigenvalue weighted by molar-refractivity contribution is 6.01. The topological polar surface area (TPSA) is 143 Å². The van der Waals surface area contributed by atoms with Crippen LogP contribution in [0.5, 0.6) is 0 Å². The molecule has 2 N–H and O–H groups in total. The van der Waals surface area contributed by atoms with Crippen LogP contribution in [0.4, 0.5) is 32.0 Å². The lowest BCUT2D eigenvalue weighted by atomic mass is 10.1. The third kappa shape index (κ3) is 7.84. The largest absolute Gasteiger partial charge is 0.478 e. The molecule has 0 radical (unpaired) electrons. The van der Waals surface area contributed by atoms with Gasteiger partial charge in [-0.25, -0.2) is 14.4 Å². The monoisotopic (exact) mass is 594 g/mol. The first kappa shape index (κ1) is 31.1. The number of carboxylic acids is 1. The lowest BCUT2D eigenvalue weighted by Gasteiger charge is -2.24. The molecular formula is C27H16F6N2O7. The van der Waals surface area contributed by atoms with Crippen molar-refractivity contribution in [1.82, 2.24) is 0 Å². The predicted octanol–water partition coefficient (Wildman–Crippen LogP) is 5.07. The standard InChI is InChI=1S/C27H16F6N2O7/c28-26(29,30)17-5-1-3-15(11-17)24(39)41-20(22(36)35-19-9-7-14(13-34)8-10-19)21(23(37)38)42-25(40)16-4-2-6-18(12-16)27(31,32)33/h1-12,20-21H,(H,35,36)(H,37,38)/t20-,21-/m0/s1. The molecule has 0 saturated carbocycles. The van der Waals surface area contributed by atoms with Crippen LogP contribution in [0, 0.1) is 11.3 Å². The second-order valence-corrected chi connectivity index (χ2v) is 8.33. The Morgan fingerprint density at radius 2 is 1.19 bits per heavy atom. The van der Waals surface area contributed by atoms with Crippen molar-refractivity contribution in [2.24, 2.45) is 0 Å². The van der Waals surface area contributed by atoms with Crippen molar-refractivity contribution in [2.45, 2.75) is 24.6 Å². The number of amides is 1. The van der Waals surface area contributed by atoms with Gasteiger partial charge >= 0.3 is 30.3 Å².